The number of methoxy groups -OCH3 is 1. The first-order chi connectivity index (χ1) is 9.56. The van der Waals surface area contributed by atoms with Crippen molar-refractivity contribution < 1.29 is 13.2 Å². The van der Waals surface area contributed by atoms with Gasteiger partial charge in [0.1, 0.15) is 5.75 Å². The van der Waals surface area contributed by atoms with Gasteiger partial charge in [-0.3, -0.25) is 0 Å². The Labute approximate surface area is 119 Å². The van der Waals surface area contributed by atoms with Crippen LogP contribution in [0.25, 0.3) is 0 Å². The van der Waals surface area contributed by atoms with Gasteiger partial charge >= 0.3 is 0 Å². The second-order valence-corrected chi connectivity index (χ2v) is 7.30. The Balaban J connectivity index is 1.99. The highest BCUT2D eigenvalue weighted by atomic mass is 32.2. The smallest absolute Gasteiger partial charge is 0.154 e. The zero-order chi connectivity index (χ0) is 14.6. The van der Waals surface area contributed by atoms with Crippen molar-refractivity contribution >= 4 is 9.84 Å². The normalized spacial score (nSPS) is 20.5. The Morgan fingerprint density at radius 1 is 1.50 bits per heavy atom. The molecule has 1 heterocycles. The fraction of sp³-hybridized carbons (Fsp3) is 0.500. The first kappa shape index (κ1) is 14.8. The molecule has 1 aromatic rings. The summed E-state index contributed by atoms with van der Waals surface area (Å²) in [7, 11) is -1.34. The van der Waals surface area contributed by atoms with Crippen molar-refractivity contribution in [1.29, 1.82) is 5.26 Å². The Morgan fingerprint density at radius 3 is 2.90 bits per heavy atom. The highest BCUT2D eigenvalue weighted by Crippen LogP contribution is 2.21. The SMILES string of the molecule is COc1ccc(C#N)cc1CNCC1CCCS1(=O)=O. The minimum atomic E-state index is -2.92. The van der Waals surface area contributed by atoms with E-state index in [-0.39, 0.29) is 5.25 Å². The van der Waals surface area contributed by atoms with Crippen LogP contribution in [-0.2, 0) is 16.4 Å². The molecule has 0 radical (unpaired) electrons. The van der Waals surface area contributed by atoms with Gasteiger partial charge in [0.2, 0.25) is 0 Å². The summed E-state index contributed by atoms with van der Waals surface area (Å²) in [5.41, 5.74) is 1.43. The van der Waals surface area contributed by atoms with E-state index in [1.54, 1.807) is 25.3 Å². The number of sulfone groups is 1. The zero-order valence-electron chi connectivity index (χ0n) is 11.4. The van der Waals surface area contributed by atoms with E-state index in [1.165, 1.54) is 0 Å². The molecule has 0 spiro atoms. The van der Waals surface area contributed by atoms with Crippen molar-refractivity contribution in [2.75, 3.05) is 19.4 Å². The molecule has 0 bridgehead atoms. The van der Waals surface area contributed by atoms with E-state index < -0.39 is 9.84 Å². The summed E-state index contributed by atoms with van der Waals surface area (Å²) in [5, 5.41) is 11.8. The molecule has 1 unspecified atom stereocenters. The summed E-state index contributed by atoms with van der Waals surface area (Å²) in [6.45, 7) is 0.937. The molecule has 6 heteroatoms. The lowest BCUT2D eigenvalue weighted by Crippen LogP contribution is -2.30. The van der Waals surface area contributed by atoms with Gasteiger partial charge in [-0.25, -0.2) is 8.42 Å². The molecule has 1 aliphatic rings. The minimum Gasteiger partial charge on any atom is -0.496 e. The molecule has 2 rings (SSSR count). The summed E-state index contributed by atoms with van der Waals surface area (Å²) < 4.78 is 28.7. The van der Waals surface area contributed by atoms with Crippen LogP contribution in [0.5, 0.6) is 5.75 Å². The van der Waals surface area contributed by atoms with Gasteiger partial charge in [0, 0.05) is 18.7 Å². The fourth-order valence-electron chi connectivity index (χ4n) is 2.44. The Morgan fingerprint density at radius 2 is 2.30 bits per heavy atom. The van der Waals surface area contributed by atoms with E-state index in [9.17, 15) is 8.42 Å². The predicted octanol–water partition coefficient (Wildman–Crippen LogP) is 1.23. The number of hydrogen-bond acceptors (Lipinski definition) is 5. The third-order valence-corrected chi connectivity index (χ3v) is 5.84. The van der Waals surface area contributed by atoms with Crippen LogP contribution in [0.1, 0.15) is 24.0 Å². The molecule has 5 nitrogen and oxygen atoms in total. The lowest BCUT2D eigenvalue weighted by atomic mass is 10.1. The molecular formula is C14H18N2O3S. The average Bonchev–Trinajstić information content (AvgIpc) is 2.78. The number of nitrogens with one attached hydrogen (secondary N) is 1. The average molecular weight is 294 g/mol. The van der Waals surface area contributed by atoms with Gasteiger partial charge in [0.05, 0.1) is 29.7 Å². The molecule has 1 N–H and O–H groups in total. The molecular weight excluding hydrogens is 276 g/mol. The molecule has 1 saturated heterocycles. The minimum absolute atomic E-state index is 0.285. The third-order valence-electron chi connectivity index (χ3n) is 3.56. The Kier molecular flexibility index (Phi) is 4.63. The van der Waals surface area contributed by atoms with Crippen molar-refractivity contribution in [1.82, 2.24) is 5.32 Å². The lowest BCUT2D eigenvalue weighted by molar-refractivity contribution is 0.407. The van der Waals surface area contributed by atoms with E-state index >= 15 is 0 Å². The van der Waals surface area contributed by atoms with E-state index in [2.05, 4.69) is 11.4 Å². The van der Waals surface area contributed by atoms with Gasteiger partial charge in [0.25, 0.3) is 0 Å². The quantitative estimate of drug-likeness (QED) is 0.883. The van der Waals surface area contributed by atoms with Gasteiger partial charge < -0.3 is 10.1 Å². The second-order valence-electron chi connectivity index (χ2n) is 4.90. The van der Waals surface area contributed by atoms with Crippen molar-refractivity contribution in [2.45, 2.75) is 24.6 Å². The fourth-order valence-corrected chi connectivity index (χ4v) is 4.24. The van der Waals surface area contributed by atoms with Crippen LogP contribution in [0.4, 0.5) is 0 Å². The summed E-state index contributed by atoms with van der Waals surface area (Å²) in [4.78, 5) is 0. The predicted molar refractivity (Wildman–Crippen MR) is 76.2 cm³/mol. The number of nitriles is 1. The van der Waals surface area contributed by atoms with Crippen LogP contribution in [-0.4, -0.2) is 33.1 Å². The van der Waals surface area contributed by atoms with Crippen LogP contribution in [0.2, 0.25) is 0 Å². The van der Waals surface area contributed by atoms with Crippen LogP contribution in [0.3, 0.4) is 0 Å². The van der Waals surface area contributed by atoms with E-state index in [1.807, 2.05) is 0 Å². The molecule has 20 heavy (non-hydrogen) atoms. The monoisotopic (exact) mass is 294 g/mol. The van der Waals surface area contributed by atoms with Crippen molar-refractivity contribution in [3.05, 3.63) is 29.3 Å². The maximum atomic E-state index is 11.7. The second kappa shape index (κ2) is 6.25. The first-order valence-electron chi connectivity index (χ1n) is 6.56. The van der Waals surface area contributed by atoms with E-state index in [4.69, 9.17) is 10.00 Å². The van der Waals surface area contributed by atoms with Crippen LogP contribution in [0.15, 0.2) is 18.2 Å². The van der Waals surface area contributed by atoms with Crippen LogP contribution in [0, 0.1) is 11.3 Å². The zero-order valence-corrected chi connectivity index (χ0v) is 12.2. The topological polar surface area (TPSA) is 79.2 Å². The summed E-state index contributed by atoms with van der Waals surface area (Å²) in [6, 6.07) is 7.29. The molecule has 0 amide bonds. The number of rotatable bonds is 5. The third kappa shape index (κ3) is 3.30. The molecule has 0 saturated carbocycles. The maximum absolute atomic E-state index is 11.7. The molecule has 1 fully saturated rings. The molecule has 0 aliphatic carbocycles. The van der Waals surface area contributed by atoms with Crippen LogP contribution < -0.4 is 10.1 Å². The van der Waals surface area contributed by atoms with E-state index in [0.29, 0.717) is 30.2 Å². The number of hydrogen-bond donors (Lipinski definition) is 1. The van der Waals surface area contributed by atoms with Gasteiger partial charge in [-0.1, -0.05) is 0 Å². The highest BCUT2D eigenvalue weighted by Gasteiger charge is 2.30. The van der Waals surface area contributed by atoms with E-state index in [0.717, 1.165) is 18.4 Å². The van der Waals surface area contributed by atoms with Crippen molar-refractivity contribution in [3.63, 3.8) is 0 Å². The summed E-state index contributed by atoms with van der Waals surface area (Å²) >= 11 is 0. The van der Waals surface area contributed by atoms with Gasteiger partial charge in [0.15, 0.2) is 9.84 Å². The lowest BCUT2D eigenvalue weighted by Gasteiger charge is -2.13. The van der Waals surface area contributed by atoms with Gasteiger partial charge in [-0.2, -0.15) is 5.26 Å². The highest BCUT2D eigenvalue weighted by molar-refractivity contribution is 7.92. The molecule has 108 valence electrons. The van der Waals surface area contributed by atoms with Crippen molar-refractivity contribution in [3.8, 4) is 11.8 Å². The summed E-state index contributed by atoms with van der Waals surface area (Å²) in [6.07, 6.45) is 1.48. The van der Waals surface area contributed by atoms with Crippen LogP contribution >= 0.6 is 0 Å². The Hall–Kier alpha value is -1.58. The van der Waals surface area contributed by atoms with Crippen molar-refractivity contribution in [2.24, 2.45) is 0 Å². The largest absolute Gasteiger partial charge is 0.496 e. The molecule has 0 aromatic heterocycles. The molecule has 1 aromatic carbocycles. The molecule has 1 atom stereocenters. The maximum Gasteiger partial charge on any atom is 0.154 e. The number of ether oxygens (including phenoxy) is 1. The number of nitrogens with zero attached hydrogens (tertiary/aromatic N) is 1. The Bertz CT molecular complexity index is 620. The van der Waals surface area contributed by atoms with Gasteiger partial charge in [-0.05, 0) is 31.0 Å². The number of benzene rings is 1. The van der Waals surface area contributed by atoms with Gasteiger partial charge in [-0.15, -0.1) is 0 Å². The standard InChI is InChI=1S/C14H18N2O3S/c1-19-14-5-4-11(8-15)7-12(14)9-16-10-13-3-2-6-20(13,17)18/h4-5,7,13,16H,2-3,6,9-10H2,1H3. The first-order valence-corrected chi connectivity index (χ1v) is 8.27. The molecule has 1 aliphatic heterocycles. The summed E-state index contributed by atoms with van der Waals surface area (Å²) in [5.74, 6) is 0.998.